The number of nitrogens with one attached hydrogen (secondary N) is 1. The molecule has 0 saturated heterocycles. The van der Waals surface area contributed by atoms with Gasteiger partial charge in [-0.25, -0.2) is 0 Å². The van der Waals surface area contributed by atoms with Gasteiger partial charge in [-0.05, 0) is 36.2 Å². The van der Waals surface area contributed by atoms with Gasteiger partial charge < -0.3 is 10.1 Å². The summed E-state index contributed by atoms with van der Waals surface area (Å²) in [5.74, 6) is 0.529. The molecule has 0 aliphatic rings. The van der Waals surface area contributed by atoms with E-state index in [1.165, 1.54) is 5.56 Å². The maximum atomic E-state index is 11.9. The average molecular weight is 304 g/mol. The molecule has 0 aliphatic heterocycles. The number of rotatable bonds is 6. The second-order valence-corrected chi connectivity index (χ2v) is 4.99. The summed E-state index contributed by atoms with van der Waals surface area (Å²) in [5.41, 5.74) is 1.87. The van der Waals surface area contributed by atoms with E-state index in [9.17, 15) is 4.79 Å². The quantitative estimate of drug-likeness (QED) is 0.826. The zero-order valence-electron chi connectivity index (χ0n) is 11.9. The summed E-state index contributed by atoms with van der Waals surface area (Å²) < 4.78 is 5.51. The molecular formula is C17H18ClNO2. The Morgan fingerprint density at radius 2 is 1.86 bits per heavy atom. The zero-order chi connectivity index (χ0) is 15.1. The van der Waals surface area contributed by atoms with Crippen LogP contribution in [0.4, 0.5) is 0 Å². The molecule has 3 nitrogen and oxygen atoms in total. The molecule has 0 saturated carbocycles. The Hall–Kier alpha value is -2.00. The van der Waals surface area contributed by atoms with Gasteiger partial charge in [0.05, 0.1) is 11.6 Å². The molecule has 2 aromatic rings. The first-order valence-corrected chi connectivity index (χ1v) is 7.33. The second kappa shape index (κ2) is 7.70. The predicted octanol–water partition coefficient (Wildman–Crippen LogP) is 3.71. The predicted molar refractivity (Wildman–Crippen MR) is 85.1 cm³/mol. The van der Waals surface area contributed by atoms with Crippen LogP contribution in [0.5, 0.6) is 5.75 Å². The van der Waals surface area contributed by atoms with Crippen LogP contribution in [-0.4, -0.2) is 19.1 Å². The lowest BCUT2D eigenvalue weighted by atomic mass is 10.1. The third-order valence-electron chi connectivity index (χ3n) is 3.11. The van der Waals surface area contributed by atoms with Gasteiger partial charge in [-0.2, -0.15) is 0 Å². The molecule has 0 atom stereocenters. The number of hydrogen-bond donors (Lipinski definition) is 1. The van der Waals surface area contributed by atoms with E-state index in [0.717, 1.165) is 6.42 Å². The number of para-hydroxylation sites is 1. The van der Waals surface area contributed by atoms with Crippen molar-refractivity contribution in [2.75, 3.05) is 13.2 Å². The van der Waals surface area contributed by atoms with Gasteiger partial charge in [0.25, 0.3) is 5.91 Å². The van der Waals surface area contributed by atoms with Crippen molar-refractivity contribution in [1.82, 2.24) is 5.32 Å². The molecule has 0 spiro atoms. The molecule has 2 aromatic carbocycles. The largest absolute Gasteiger partial charge is 0.490 e. The number of carbonyl (C=O) groups is 1. The molecule has 0 aliphatic carbocycles. The van der Waals surface area contributed by atoms with Crippen molar-refractivity contribution in [3.63, 3.8) is 0 Å². The van der Waals surface area contributed by atoms with Crippen LogP contribution in [0.3, 0.4) is 0 Å². The number of hydrogen-bond acceptors (Lipinski definition) is 2. The number of aryl methyl sites for hydroxylation is 1. The number of benzene rings is 2. The average Bonchev–Trinajstić information content (AvgIpc) is 2.53. The molecule has 2 rings (SSSR count). The van der Waals surface area contributed by atoms with Crippen molar-refractivity contribution in [3.05, 3.63) is 64.7 Å². The lowest BCUT2D eigenvalue weighted by Gasteiger charge is -2.09. The molecule has 0 aromatic heterocycles. The SMILES string of the molecule is CCc1ccc(C(=O)NCCOc2ccccc2Cl)cc1. The Balaban J connectivity index is 1.77. The van der Waals surface area contributed by atoms with Crippen molar-refractivity contribution >= 4 is 17.5 Å². The van der Waals surface area contributed by atoms with E-state index in [1.54, 1.807) is 12.1 Å². The summed E-state index contributed by atoms with van der Waals surface area (Å²) in [5, 5.41) is 3.39. The molecule has 110 valence electrons. The summed E-state index contributed by atoms with van der Waals surface area (Å²) in [6.45, 7) is 2.89. The molecule has 1 amide bonds. The summed E-state index contributed by atoms with van der Waals surface area (Å²) in [6, 6.07) is 14.9. The highest BCUT2D eigenvalue weighted by Gasteiger charge is 2.05. The van der Waals surface area contributed by atoms with E-state index >= 15 is 0 Å². The van der Waals surface area contributed by atoms with Gasteiger partial charge in [0.15, 0.2) is 0 Å². The van der Waals surface area contributed by atoms with Gasteiger partial charge in [0.1, 0.15) is 12.4 Å². The highest BCUT2D eigenvalue weighted by atomic mass is 35.5. The van der Waals surface area contributed by atoms with E-state index in [4.69, 9.17) is 16.3 Å². The van der Waals surface area contributed by atoms with Crippen LogP contribution in [0.1, 0.15) is 22.8 Å². The van der Waals surface area contributed by atoms with E-state index < -0.39 is 0 Å². The second-order valence-electron chi connectivity index (χ2n) is 4.59. The normalized spacial score (nSPS) is 10.2. The Kier molecular flexibility index (Phi) is 5.64. The fourth-order valence-electron chi connectivity index (χ4n) is 1.88. The van der Waals surface area contributed by atoms with E-state index in [2.05, 4.69) is 12.2 Å². The number of carbonyl (C=O) groups excluding carboxylic acids is 1. The van der Waals surface area contributed by atoms with E-state index in [1.807, 2.05) is 36.4 Å². The first-order valence-electron chi connectivity index (χ1n) is 6.95. The van der Waals surface area contributed by atoms with Crippen molar-refractivity contribution < 1.29 is 9.53 Å². The molecule has 0 heterocycles. The number of amides is 1. The minimum atomic E-state index is -0.0968. The standard InChI is InChI=1S/C17H18ClNO2/c1-2-13-7-9-14(10-8-13)17(20)19-11-12-21-16-6-4-3-5-15(16)18/h3-10H,2,11-12H2,1H3,(H,19,20). The topological polar surface area (TPSA) is 38.3 Å². The molecule has 0 fully saturated rings. The van der Waals surface area contributed by atoms with Gasteiger partial charge in [0, 0.05) is 5.56 Å². The molecule has 4 heteroatoms. The Morgan fingerprint density at radius 1 is 1.14 bits per heavy atom. The van der Waals surface area contributed by atoms with E-state index in [0.29, 0.717) is 29.5 Å². The maximum Gasteiger partial charge on any atom is 0.251 e. The van der Waals surface area contributed by atoms with Crippen LogP contribution in [-0.2, 0) is 6.42 Å². The third kappa shape index (κ3) is 4.50. The van der Waals surface area contributed by atoms with Crippen molar-refractivity contribution in [2.24, 2.45) is 0 Å². The van der Waals surface area contributed by atoms with Gasteiger partial charge in [-0.1, -0.05) is 42.8 Å². The molecular weight excluding hydrogens is 286 g/mol. The van der Waals surface area contributed by atoms with Gasteiger partial charge >= 0.3 is 0 Å². The fraction of sp³-hybridized carbons (Fsp3) is 0.235. The summed E-state index contributed by atoms with van der Waals surface area (Å²) in [4.78, 5) is 11.9. The minimum absolute atomic E-state index is 0.0968. The Labute approximate surface area is 129 Å². The Bertz CT molecular complexity index is 596. The zero-order valence-corrected chi connectivity index (χ0v) is 12.7. The van der Waals surface area contributed by atoms with Crippen LogP contribution in [0.25, 0.3) is 0 Å². The van der Waals surface area contributed by atoms with Gasteiger partial charge in [-0.3, -0.25) is 4.79 Å². The van der Waals surface area contributed by atoms with Crippen molar-refractivity contribution in [2.45, 2.75) is 13.3 Å². The van der Waals surface area contributed by atoms with E-state index in [-0.39, 0.29) is 5.91 Å². The van der Waals surface area contributed by atoms with Crippen LogP contribution in [0.15, 0.2) is 48.5 Å². The summed E-state index contributed by atoms with van der Waals surface area (Å²) in [7, 11) is 0. The van der Waals surface area contributed by atoms with Crippen LogP contribution in [0.2, 0.25) is 5.02 Å². The first kappa shape index (κ1) is 15.4. The molecule has 0 bridgehead atoms. The lowest BCUT2D eigenvalue weighted by molar-refractivity contribution is 0.0947. The van der Waals surface area contributed by atoms with Gasteiger partial charge in [0.2, 0.25) is 0 Å². The minimum Gasteiger partial charge on any atom is -0.490 e. The molecule has 1 N–H and O–H groups in total. The summed E-state index contributed by atoms with van der Waals surface area (Å²) >= 11 is 5.98. The van der Waals surface area contributed by atoms with Gasteiger partial charge in [-0.15, -0.1) is 0 Å². The molecule has 0 unspecified atom stereocenters. The van der Waals surface area contributed by atoms with Crippen LogP contribution >= 0.6 is 11.6 Å². The highest BCUT2D eigenvalue weighted by molar-refractivity contribution is 6.32. The maximum absolute atomic E-state index is 11.9. The first-order chi connectivity index (χ1) is 10.2. The van der Waals surface area contributed by atoms with Crippen LogP contribution in [0, 0.1) is 0 Å². The monoisotopic (exact) mass is 303 g/mol. The lowest BCUT2D eigenvalue weighted by Crippen LogP contribution is -2.28. The Morgan fingerprint density at radius 3 is 2.52 bits per heavy atom. The van der Waals surface area contributed by atoms with Crippen molar-refractivity contribution in [1.29, 1.82) is 0 Å². The molecule has 0 radical (unpaired) electrons. The molecule has 21 heavy (non-hydrogen) atoms. The smallest absolute Gasteiger partial charge is 0.251 e. The highest BCUT2D eigenvalue weighted by Crippen LogP contribution is 2.22. The van der Waals surface area contributed by atoms with Crippen LogP contribution < -0.4 is 10.1 Å². The number of ether oxygens (including phenoxy) is 1. The number of halogens is 1. The van der Waals surface area contributed by atoms with Crippen molar-refractivity contribution in [3.8, 4) is 5.75 Å². The fourth-order valence-corrected chi connectivity index (χ4v) is 2.07. The summed E-state index contributed by atoms with van der Waals surface area (Å²) in [6.07, 6.45) is 0.966. The third-order valence-corrected chi connectivity index (χ3v) is 3.42.